The fourth-order valence-electron chi connectivity index (χ4n) is 7.16. The Balaban J connectivity index is 0.00000992. The molecule has 332 valence electrons. The molecule has 0 radical (unpaired) electrons. The molecule has 1 atom stereocenters. The molecule has 1 unspecified atom stereocenters. The fraction of sp³-hybridized carbons (Fsp3) is 0.535. The summed E-state index contributed by atoms with van der Waals surface area (Å²) in [5, 5.41) is 10.4. The number of fused-ring (bicyclic) bond motifs is 2. The zero-order chi connectivity index (χ0) is 44.1. The van der Waals surface area contributed by atoms with Crippen molar-refractivity contribution in [1.29, 1.82) is 0 Å². The van der Waals surface area contributed by atoms with E-state index in [2.05, 4.69) is 25.3 Å². The molecule has 0 amide bonds. The van der Waals surface area contributed by atoms with Gasteiger partial charge in [-0.05, 0) is 80.6 Å². The summed E-state index contributed by atoms with van der Waals surface area (Å²) in [5.41, 5.74) is 1.94. The van der Waals surface area contributed by atoms with E-state index < -0.39 is 42.3 Å². The largest absolute Gasteiger partial charge is 1.00 e. The Bertz CT molecular complexity index is 2250. The molecule has 1 aromatic carbocycles. The van der Waals surface area contributed by atoms with Crippen LogP contribution < -0.4 is 44.4 Å². The predicted octanol–water partition coefficient (Wildman–Crippen LogP) is 1.94. The van der Waals surface area contributed by atoms with Crippen molar-refractivity contribution in [2.75, 3.05) is 83.6 Å². The van der Waals surface area contributed by atoms with Gasteiger partial charge in [-0.25, -0.2) is 21.4 Å². The molecule has 61 heavy (non-hydrogen) atoms. The van der Waals surface area contributed by atoms with E-state index in [0.717, 1.165) is 22.2 Å². The molecule has 2 heterocycles. The number of ether oxygens (including phenoxy) is 4. The summed E-state index contributed by atoms with van der Waals surface area (Å²) in [4.78, 5) is 13.0. The Labute approximate surface area is 382 Å². The standard InChI is InChI=1S/C43H60N2O13S2.Na/c1-7-55-26-27-57-23-21-44(20-22-56-25-24-54-6)33-14-16-35-32(29-40(42(2,3)4)58-38(35)30-33)11-8-12-39-43(5,18-9-13-41(46)47)36-31-34(60(51,52)53)15-17-37(36)45(39)19-10-28-59(48,49)50;/h8,11-12,14-17,29-31H,7,9-10,13,18-28H2,1-6H3,(H2-,46,47,48,49,50,51,52,53);/q;+1/p-1. The normalized spacial score (nSPS) is 17.0. The number of carbonyl (C=O) groups is 1. The molecular formula is C43H59N2NaO13S2. The van der Waals surface area contributed by atoms with Crippen molar-refractivity contribution >= 4 is 38.0 Å². The van der Waals surface area contributed by atoms with E-state index in [1.807, 2.05) is 61.2 Å². The number of nitrogens with zero attached hydrogens (tertiary/aromatic N) is 2. The number of rotatable bonds is 24. The summed E-state index contributed by atoms with van der Waals surface area (Å²) < 4.78 is 102. The van der Waals surface area contributed by atoms with E-state index in [0.29, 0.717) is 82.0 Å². The van der Waals surface area contributed by atoms with Gasteiger partial charge in [0.25, 0.3) is 0 Å². The van der Waals surface area contributed by atoms with Crippen LogP contribution in [0.4, 0.5) is 5.69 Å². The third-order valence-electron chi connectivity index (χ3n) is 10.3. The monoisotopic (exact) mass is 898 g/mol. The van der Waals surface area contributed by atoms with Crippen molar-refractivity contribution in [2.45, 2.75) is 76.0 Å². The third-order valence-corrected chi connectivity index (χ3v) is 11.9. The van der Waals surface area contributed by atoms with Crippen LogP contribution in [0.5, 0.6) is 0 Å². The molecule has 15 nitrogen and oxygen atoms in total. The number of carboxylic acid groups (broad SMARTS) is 1. The van der Waals surface area contributed by atoms with Gasteiger partial charge in [0.2, 0.25) is 5.36 Å². The molecule has 1 N–H and O–H groups in total. The smallest absolute Gasteiger partial charge is 0.748 e. The van der Waals surface area contributed by atoms with Gasteiger partial charge in [0, 0.05) is 66.3 Å². The molecule has 0 aromatic heterocycles. The van der Waals surface area contributed by atoms with Gasteiger partial charge >= 0.3 is 35.5 Å². The number of benzene rings is 2. The maximum absolute atomic E-state index is 12.2. The molecule has 18 heteroatoms. The summed E-state index contributed by atoms with van der Waals surface area (Å²) in [6.45, 7) is 14.7. The fourth-order valence-corrected chi connectivity index (χ4v) is 8.14. The van der Waals surface area contributed by atoms with E-state index in [-0.39, 0.29) is 67.2 Å². The number of aliphatic carboxylic acids is 1. The minimum Gasteiger partial charge on any atom is -0.748 e. The van der Waals surface area contributed by atoms with Crippen molar-refractivity contribution in [3.63, 3.8) is 0 Å². The number of carboxylic acids is 1. The molecule has 1 aromatic rings. The second-order valence-corrected chi connectivity index (χ2v) is 18.7. The van der Waals surface area contributed by atoms with Crippen molar-refractivity contribution < 1.29 is 88.8 Å². The summed E-state index contributed by atoms with van der Waals surface area (Å²) in [6, 6.07) is 12.0. The Kier molecular flexibility index (Phi) is 20.3. The average Bonchev–Trinajstić information content (AvgIpc) is 3.39. The Morgan fingerprint density at radius 2 is 1.61 bits per heavy atom. The Hall–Kier alpha value is -2.94. The molecule has 0 saturated heterocycles. The van der Waals surface area contributed by atoms with Crippen LogP contribution in [-0.4, -0.2) is 116 Å². The first-order valence-electron chi connectivity index (χ1n) is 20.1. The van der Waals surface area contributed by atoms with Crippen molar-refractivity contribution in [3.05, 3.63) is 82.6 Å². The van der Waals surface area contributed by atoms with Crippen LogP contribution in [0.2, 0.25) is 0 Å². The summed E-state index contributed by atoms with van der Waals surface area (Å²) in [5.74, 6) is -0.250. The number of anilines is 1. The maximum atomic E-state index is 12.2. The number of allylic oxidation sites excluding steroid dienone is 3. The van der Waals surface area contributed by atoms with Crippen molar-refractivity contribution in [3.8, 4) is 11.3 Å². The Morgan fingerprint density at radius 1 is 0.934 bits per heavy atom. The van der Waals surface area contributed by atoms with Crippen LogP contribution in [0.15, 0.2) is 69.6 Å². The minimum atomic E-state index is -4.85. The maximum Gasteiger partial charge on any atom is 1.00 e. The van der Waals surface area contributed by atoms with E-state index in [1.165, 1.54) is 18.2 Å². The number of methoxy groups -OCH3 is 1. The predicted molar refractivity (Wildman–Crippen MR) is 226 cm³/mol. The molecule has 3 aliphatic rings. The summed E-state index contributed by atoms with van der Waals surface area (Å²) in [7, 11) is -7.75. The molecule has 2 aliphatic heterocycles. The van der Waals surface area contributed by atoms with E-state index in [4.69, 9.17) is 23.4 Å². The minimum absolute atomic E-state index is 0. The molecule has 4 rings (SSSR count). The van der Waals surface area contributed by atoms with Gasteiger partial charge in [0.15, 0.2) is 13.1 Å². The zero-order valence-electron chi connectivity index (χ0n) is 36.4. The molecule has 1 aliphatic carbocycles. The number of hydrogen-bond acceptors (Lipinski definition) is 13. The van der Waals surface area contributed by atoms with Crippen molar-refractivity contribution in [2.24, 2.45) is 0 Å². The van der Waals surface area contributed by atoms with E-state index >= 15 is 0 Å². The van der Waals surface area contributed by atoms with Gasteiger partial charge in [0.1, 0.15) is 34.9 Å². The van der Waals surface area contributed by atoms with Crippen molar-refractivity contribution in [1.82, 2.24) is 4.58 Å². The summed E-state index contributed by atoms with van der Waals surface area (Å²) in [6.07, 6.45) is 5.88. The zero-order valence-corrected chi connectivity index (χ0v) is 40.1. The molecule has 0 bridgehead atoms. The van der Waals surface area contributed by atoms with Gasteiger partial charge in [-0.1, -0.05) is 32.9 Å². The van der Waals surface area contributed by atoms with Crippen LogP contribution >= 0.6 is 0 Å². The number of hydrogen-bond donors (Lipinski definition) is 1. The average molecular weight is 899 g/mol. The van der Waals surface area contributed by atoms with Gasteiger partial charge in [-0.2, -0.15) is 0 Å². The van der Waals surface area contributed by atoms with E-state index in [1.54, 1.807) is 7.11 Å². The van der Waals surface area contributed by atoms with Crippen LogP contribution in [0.1, 0.15) is 77.2 Å². The molecular weight excluding hydrogens is 840 g/mol. The van der Waals surface area contributed by atoms with Crippen LogP contribution in [0.25, 0.3) is 17.4 Å². The van der Waals surface area contributed by atoms with Crippen LogP contribution in [0.3, 0.4) is 0 Å². The quantitative estimate of drug-likeness (QED) is 0.0591. The second-order valence-electron chi connectivity index (χ2n) is 15.8. The second kappa shape index (κ2) is 23.7. The van der Waals surface area contributed by atoms with E-state index in [9.17, 15) is 35.8 Å². The van der Waals surface area contributed by atoms with Gasteiger partial charge in [-0.3, -0.25) is 4.79 Å². The van der Waals surface area contributed by atoms with Crippen LogP contribution in [0, 0.1) is 0 Å². The molecule has 0 fully saturated rings. The van der Waals surface area contributed by atoms with Gasteiger partial charge in [0.05, 0.1) is 47.5 Å². The van der Waals surface area contributed by atoms with Crippen LogP contribution in [-0.2, 0) is 54.8 Å². The molecule has 0 saturated carbocycles. The first-order valence-corrected chi connectivity index (χ1v) is 23.1. The topological polar surface area (TPSA) is 208 Å². The van der Waals surface area contributed by atoms with Gasteiger partial charge in [-0.15, -0.1) is 0 Å². The SMILES string of the molecule is CCOCCOCC[N+](CCOCCOC)=c1ccc2c(/C=C/C=C3\N(CCCS(=O)(=O)[O-])c4ccc(S(=O)(=O)[O-])cc4C3(C)CCCC(=O)O)cc(C(C)(C)C)oc-2c1.[Na+]. The molecule has 0 spiro atoms. The first-order chi connectivity index (χ1) is 28.3. The first kappa shape index (κ1) is 52.4. The Morgan fingerprint density at radius 3 is 2.21 bits per heavy atom. The van der Waals surface area contributed by atoms with Gasteiger partial charge < -0.3 is 42.5 Å². The summed E-state index contributed by atoms with van der Waals surface area (Å²) >= 11 is 0. The third kappa shape index (κ3) is 15.4.